The van der Waals surface area contributed by atoms with Crippen LogP contribution in [0.2, 0.25) is 0 Å². The van der Waals surface area contributed by atoms with E-state index >= 15 is 0 Å². The molecule has 1 atom stereocenters. The molecule has 2 amide bonds. The number of carbonyl (C=O) groups is 2. The molecule has 32 heavy (non-hydrogen) atoms. The summed E-state index contributed by atoms with van der Waals surface area (Å²) in [6.45, 7) is 8.28. The zero-order chi connectivity index (χ0) is 23.9. The number of pyridine rings is 1. The summed E-state index contributed by atoms with van der Waals surface area (Å²) in [6.07, 6.45) is -2.88. The predicted octanol–water partition coefficient (Wildman–Crippen LogP) is 2.66. The van der Waals surface area contributed by atoms with E-state index < -0.39 is 29.5 Å². The Morgan fingerprint density at radius 3 is 2.41 bits per heavy atom. The van der Waals surface area contributed by atoms with Crippen LogP contribution in [0, 0.1) is 0 Å². The molecule has 1 fully saturated rings. The fraction of sp³-hybridized carbons (Fsp3) is 0.600. The quantitative estimate of drug-likeness (QED) is 0.519. The molecule has 0 bridgehead atoms. The third-order valence-electron chi connectivity index (χ3n) is 4.32. The van der Waals surface area contributed by atoms with Gasteiger partial charge in [0.15, 0.2) is 6.61 Å². The number of ether oxygens (including phenoxy) is 1. The highest BCUT2D eigenvalue weighted by Gasteiger charge is 2.31. The highest BCUT2D eigenvalue weighted by atomic mass is 19.4. The number of alkyl carbamates (subject to hydrolysis) is 1. The second kappa shape index (κ2) is 10.5. The minimum Gasteiger partial charge on any atom is -0.444 e. The van der Waals surface area contributed by atoms with E-state index in [9.17, 15) is 22.8 Å². The van der Waals surface area contributed by atoms with Crippen LogP contribution in [0.1, 0.15) is 33.3 Å². The third kappa shape index (κ3) is 8.23. The van der Waals surface area contributed by atoms with E-state index in [2.05, 4.69) is 15.5 Å². The zero-order valence-corrected chi connectivity index (χ0v) is 18.5. The molecule has 2 rings (SSSR count). The minimum absolute atomic E-state index is 0.269. The van der Waals surface area contributed by atoms with Gasteiger partial charge in [0, 0.05) is 32.4 Å². The van der Waals surface area contributed by atoms with Gasteiger partial charge in [-0.15, -0.1) is 0 Å². The molecule has 0 spiro atoms. The Labute approximate surface area is 184 Å². The maximum Gasteiger partial charge on any atom is 0.417 e. The topological polar surface area (TPSA) is 96.4 Å². The summed E-state index contributed by atoms with van der Waals surface area (Å²) in [5.74, 6) is 0.160. The molecule has 178 valence electrons. The minimum atomic E-state index is -4.43. The van der Waals surface area contributed by atoms with Gasteiger partial charge >= 0.3 is 12.3 Å². The average molecular weight is 459 g/mol. The van der Waals surface area contributed by atoms with Crippen molar-refractivity contribution >= 4 is 24.0 Å². The highest BCUT2D eigenvalue weighted by Crippen LogP contribution is 2.29. The lowest BCUT2D eigenvalue weighted by Gasteiger charge is -2.35. The number of hydrogen-bond donors (Lipinski definition) is 1. The van der Waals surface area contributed by atoms with E-state index in [0.717, 1.165) is 12.3 Å². The molecule has 0 aromatic carbocycles. The molecule has 1 aliphatic rings. The molecule has 1 aromatic heterocycles. The third-order valence-corrected chi connectivity index (χ3v) is 4.32. The average Bonchev–Trinajstić information content (AvgIpc) is 2.69. The van der Waals surface area contributed by atoms with Crippen LogP contribution in [0.5, 0.6) is 0 Å². The zero-order valence-electron chi connectivity index (χ0n) is 18.5. The number of nitrogens with one attached hydrogen (secondary N) is 1. The van der Waals surface area contributed by atoms with Gasteiger partial charge in [-0.2, -0.15) is 13.2 Å². The number of rotatable bonds is 6. The van der Waals surface area contributed by atoms with Crippen molar-refractivity contribution in [1.82, 2.24) is 15.2 Å². The summed E-state index contributed by atoms with van der Waals surface area (Å²) in [5, 5.41) is 6.25. The van der Waals surface area contributed by atoms with Crippen molar-refractivity contribution in [3.63, 3.8) is 0 Å². The van der Waals surface area contributed by atoms with Crippen LogP contribution >= 0.6 is 0 Å². The lowest BCUT2D eigenvalue weighted by Crippen LogP contribution is -2.50. The fourth-order valence-electron chi connectivity index (χ4n) is 2.77. The van der Waals surface area contributed by atoms with Gasteiger partial charge < -0.3 is 24.7 Å². The van der Waals surface area contributed by atoms with Crippen LogP contribution in [-0.4, -0.2) is 72.5 Å². The van der Waals surface area contributed by atoms with E-state index in [-0.39, 0.29) is 12.5 Å². The Bertz CT molecular complexity index is 801. The molecule has 1 aliphatic heterocycles. The van der Waals surface area contributed by atoms with E-state index in [1.54, 1.807) is 32.6 Å². The second-order valence-electron chi connectivity index (χ2n) is 8.23. The maximum atomic E-state index is 12.6. The second-order valence-corrected chi connectivity index (χ2v) is 8.23. The van der Waals surface area contributed by atoms with Gasteiger partial charge in [-0.05, 0) is 39.8 Å². The Morgan fingerprint density at radius 2 is 1.88 bits per heavy atom. The molecule has 0 saturated carbocycles. The Morgan fingerprint density at radius 1 is 1.22 bits per heavy atom. The van der Waals surface area contributed by atoms with Gasteiger partial charge in [0.2, 0.25) is 0 Å². The van der Waals surface area contributed by atoms with Crippen LogP contribution < -0.4 is 10.2 Å². The van der Waals surface area contributed by atoms with E-state index in [4.69, 9.17) is 9.57 Å². The van der Waals surface area contributed by atoms with Gasteiger partial charge in [-0.3, -0.25) is 4.79 Å². The van der Waals surface area contributed by atoms with Gasteiger partial charge in [-0.25, -0.2) is 9.78 Å². The van der Waals surface area contributed by atoms with Crippen molar-refractivity contribution in [2.75, 3.05) is 37.7 Å². The van der Waals surface area contributed by atoms with Crippen LogP contribution in [0.4, 0.5) is 23.8 Å². The number of carbonyl (C=O) groups excluding carboxylic acids is 2. The lowest BCUT2D eigenvalue weighted by atomic mass is 10.2. The van der Waals surface area contributed by atoms with E-state index in [1.165, 1.54) is 12.3 Å². The number of piperazine rings is 1. The van der Waals surface area contributed by atoms with Crippen LogP contribution in [0.15, 0.2) is 23.5 Å². The van der Waals surface area contributed by atoms with Crippen molar-refractivity contribution in [3.8, 4) is 0 Å². The summed E-state index contributed by atoms with van der Waals surface area (Å²) in [4.78, 5) is 36.2. The number of anilines is 1. The molecular weight excluding hydrogens is 431 g/mol. The molecule has 12 heteroatoms. The van der Waals surface area contributed by atoms with Crippen molar-refractivity contribution in [1.29, 1.82) is 0 Å². The predicted molar refractivity (Wildman–Crippen MR) is 111 cm³/mol. The van der Waals surface area contributed by atoms with Gasteiger partial charge in [0.1, 0.15) is 11.4 Å². The molecule has 1 N–H and O–H groups in total. The maximum absolute atomic E-state index is 12.6. The fourth-order valence-corrected chi connectivity index (χ4v) is 2.77. The summed E-state index contributed by atoms with van der Waals surface area (Å²) in [7, 11) is 0. The summed E-state index contributed by atoms with van der Waals surface area (Å²) in [5.41, 5.74) is -1.42. The molecule has 0 radical (unpaired) electrons. The molecule has 1 aromatic rings. The van der Waals surface area contributed by atoms with Gasteiger partial charge in [0.05, 0.1) is 17.8 Å². The normalized spacial score (nSPS) is 16.1. The van der Waals surface area contributed by atoms with Crippen LogP contribution in [-0.2, 0) is 20.5 Å². The number of halogens is 3. The van der Waals surface area contributed by atoms with Crippen LogP contribution in [0.3, 0.4) is 0 Å². The SMILES string of the molecule is C[C@@H](/C=N/OCC(=O)N1CCN(c2ccc(C(F)(F)F)cn2)CC1)NC(=O)OC(C)(C)C. The standard InChI is InChI=1S/C20H28F3N5O4/c1-14(26-18(30)32-19(2,3)4)11-25-31-13-17(29)28-9-7-27(8-10-28)16-6-5-15(12-24-16)20(21,22)23/h5-6,11-12,14H,7-10,13H2,1-4H3,(H,26,30)/b25-11+/t14-/m0/s1. The molecule has 9 nitrogen and oxygen atoms in total. The monoisotopic (exact) mass is 459 g/mol. The van der Waals surface area contributed by atoms with Crippen molar-refractivity contribution < 1.29 is 32.3 Å². The first kappa shape index (κ1) is 25.2. The molecule has 0 unspecified atom stereocenters. The van der Waals surface area contributed by atoms with E-state index in [1.807, 2.05) is 4.90 Å². The Hall–Kier alpha value is -3.05. The van der Waals surface area contributed by atoms with Crippen molar-refractivity contribution in [2.24, 2.45) is 5.16 Å². The highest BCUT2D eigenvalue weighted by molar-refractivity contribution is 5.78. The molecule has 0 aliphatic carbocycles. The van der Waals surface area contributed by atoms with Crippen molar-refractivity contribution in [2.45, 2.75) is 45.5 Å². The van der Waals surface area contributed by atoms with E-state index in [0.29, 0.717) is 32.0 Å². The number of nitrogens with zero attached hydrogens (tertiary/aromatic N) is 4. The largest absolute Gasteiger partial charge is 0.444 e. The van der Waals surface area contributed by atoms with Gasteiger partial charge in [-0.1, -0.05) is 5.16 Å². The smallest absolute Gasteiger partial charge is 0.417 e. The number of alkyl halides is 3. The first-order valence-electron chi connectivity index (χ1n) is 10.1. The Kier molecular flexibility index (Phi) is 8.28. The lowest BCUT2D eigenvalue weighted by molar-refractivity contribution is -0.138. The molecule has 1 saturated heterocycles. The first-order valence-corrected chi connectivity index (χ1v) is 10.1. The first-order chi connectivity index (χ1) is 14.8. The van der Waals surface area contributed by atoms with Gasteiger partial charge in [0.25, 0.3) is 5.91 Å². The number of hydrogen-bond acceptors (Lipinski definition) is 7. The van der Waals surface area contributed by atoms with Crippen molar-refractivity contribution in [3.05, 3.63) is 23.9 Å². The molecule has 2 heterocycles. The summed E-state index contributed by atoms with van der Waals surface area (Å²) < 4.78 is 43.1. The number of oxime groups is 1. The summed E-state index contributed by atoms with van der Waals surface area (Å²) in [6, 6.07) is 1.86. The summed E-state index contributed by atoms with van der Waals surface area (Å²) >= 11 is 0. The molecular formula is C20H28F3N5O4. The number of aromatic nitrogens is 1. The Balaban J connectivity index is 1.71. The number of amides is 2. The van der Waals surface area contributed by atoms with Crippen LogP contribution in [0.25, 0.3) is 0 Å².